The molecule has 1 fully saturated rings. The summed E-state index contributed by atoms with van der Waals surface area (Å²) in [5, 5.41) is 5.50. The molecule has 0 unspecified atom stereocenters. The summed E-state index contributed by atoms with van der Waals surface area (Å²) in [5.74, 6) is 4.49. The first-order chi connectivity index (χ1) is 10.8. The molecule has 3 amide bonds. The van der Waals surface area contributed by atoms with Gasteiger partial charge in [0.2, 0.25) is 5.91 Å². The summed E-state index contributed by atoms with van der Waals surface area (Å²) in [7, 11) is 0. The third-order valence-electron chi connectivity index (χ3n) is 3.51. The summed E-state index contributed by atoms with van der Waals surface area (Å²) in [6.45, 7) is 8.66. The van der Waals surface area contributed by atoms with E-state index in [0.29, 0.717) is 18.9 Å². The van der Waals surface area contributed by atoms with Crippen molar-refractivity contribution in [2.75, 3.05) is 6.54 Å². The maximum absolute atomic E-state index is 12.2. The van der Waals surface area contributed by atoms with Crippen molar-refractivity contribution in [2.24, 2.45) is 17.7 Å². The molecule has 5 N–H and O–H groups in total. The smallest absolute Gasteiger partial charge is 0.266 e. The summed E-state index contributed by atoms with van der Waals surface area (Å²) in [6.07, 6.45) is -0.362. The SMILES string of the molecule is CC(C)CCNC(=O)[C@H](CC(C)C)NC(=O)[C@H]1O[C@@H]1C(=O)NN. The minimum Gasteiger partial charge on any atom is -0.354 e. The Labute approximate surface area is 136 Å². The number of carbonyl (C=O) groups is 3. The molecule has 1 aliphatic rings. The van der Waals surface area contributed by atoms with E-state index in [9.17, 15) is 14.4 Å². The Morgan fingerprint density at radius 3 is 2.17 bits per heavy atom. The van der Waals surface area contributed by atoms with E-state index in [4.69, 9.17) is 10.6 Å². The number of hydrogen-bond donors (Lipinski definition) is 4. The molecule has 1 heterocycles. The fourth-order valence-electron chi connectivity index (χ4n) is 2.16. The van der Waals surface area contributed by atoms with E-state index in [1.807, 2.05) is 19.3 Å². The molecule has 0 saturated carbocycles. The highest BCUT2D eigenvalue weighted by Crippen LogP contribution is 2.22. The van der Waals surface area contributed by atoms with Gasteiger partial charge < -0.3 is 15.4 Å². The minimum absolute atomic E-state index is 0.215. The quantitative estimate of drug-likeness (QED) is 0.195. The van der Waals surface area contributed by atoms with Gasteiger partial charge in [-0.05, 0) is 24.7 Å². The second-order valence-corrected chi connectivity index (χ2v) is 6.65. The summed E-state index contributed by atoms with van der Waals surface area (Å²) in [4.78, 5) is 35.6. The molecule has 0 aliphatic carbocycles. The highest BCUT2D eigenvalue weighted by Gasteiger charge is 2.50. The van der Waals surface area contributed by atoms with Crippen LogP contribution in [0.5, 0.6) is 0 Å². The van der Waals surface area contributed by atoms with Crippen molar-refractivity contribution in [3.8, 4) is 0 Å². The van der Waals surface area contributed by atoms with Crippen molar-refractivity contribution < 1.29 is 19.1 Å². The zero-order valence-corrected chi connectivity index (χ0v) is 14.2. The molecule has 0 aromatic heterocycles. The number of carbonyl (C=O) groups excluding carboxylic acids is 3. The van der Waals surface area contributed by atoms with Gasteiger partial charge in [-0.2, -0.15) is 0 Å². The summed E-state index contributed by atoms with van der Waals surface area (Å²) < 4.78 is 4.99. The topological polar surface area (TPSA) is 126 Å². The maximum atomic E-state index is 12.2. The van der Waals surface area contributed by atoms with E-state index in [1.165, 1.54) is 0 Å². The predicted molar refractivity (Wildman–Crippen MR) is 84.8 cm³/mol. The lowest BCUT2D eigenvalue weighted by Gasteiger charge is -2.20. The Hall–Kier alpha value is -1.67. The van der Waals surface area contributed by atoms with Crippen molar-refractivity contribution >= 4 is 17.7 Å². The van der Waals surface area contributed by atoms with Gasteiger partial charge >= 0.3 is 0 Å². The third kappa shape index (κ3) is 6.54. The fourth-order valence-corrected chi connectivity index (χ4v) is 2.16. The molecule has 3 atom stereocenters. The van der Waals surface area contributed by atoms with Crippen LogP contribution in [0.1, 0.15) is 40.5 Å². The van der Waals surface area contributed by atoms with Crippen LogP contribution in [0.15, 0.2) is 0 Å². The fraction of sp³-hybridized carbons (Fsp3) is 0.800. The largest absolute Gasteiger partial charge is 0.354 e. The zero-order chi connectivity index (χ0) is 17.6. The summed E-state index contributed by atoms with van der Waals surface area (Å²) >= 11 is 0. The monoisotopic (exact) mass is 328 g/mol. The van der Waals surface area contributed by atoms with Crippen LogP contribution in [-0.4, -0.2) is 42.5 Å². The first-order valence-electron chi connectivity index (χ1n) is 8.00. The van der Waals surface area contributed by atoms with Gasteiger partial charge in [-0.25, -0.2) is 5.84 Å². The van der Waals surface area contributed by atoms with Gasteiger partial charge in [0.05, 0.1) is 0 Å². The van der Waals surface area contributed by atoms with Crippen LogP contribution in [0.3, 0.4) is 0 Å². The number of amides is 3. The number of hydrazine groups is 1. The molecule has 8 nitrogen and oxygen atoms in total. The van der Waals surface area contributed by atoms with Gasteiger partial charge in [0, 0.05) is 6.54 Å². The molecule has 23 heavy (non-hydrogen) atoms. The van der Waals surface area contributed by atoms with E-state index in [1.54, 1.807) is 0 Å². The molecule has 8 heteroatoms. The summed E-state index contributed by atoms with van der Waals surface area (Å²) in [6, 6.07) is -0.638. The van der Waals surface area contributed by atoms with E-state index < -0.39 is 30.1 Å². The lowest BCUT2D eigenvalue weighted by atomic mass is 10.0. The van der Waals surface area contributed by atoms with Gasteiger partial charge in [-0.1, -0.05) is 27.7 Å². The number of rotatable bonds is 9. The van der Waals surface area contributed by atoms with Gasteiger partial charge in [0.25, 0.3) is 11.8 Å². The van der Waals surface area contributed by atoms with Crippen molar-refractivity contribution in [1.29, 1.82) is 0 Å². The molecule has 0 aromatic carbocycles. The van der Waals surface area contributed by atoms with Gasteiger partial charge in [0.1, 0.15) is 6.04 Å². The van der Waals surface area contributed by atoms with Crippen LogP contribution in [-0.2, 0) is 19.1 Å². The standard InChI is InChI=1S/C15H28N4O4/c1-8(2)5-6-17-13(20)10(7-9(3)4)18-14(21)11-12(23-11)15(22)19-16/h8-12H,5-7,16H2,1-4H3,(H,17,20)(H,18,21)(H,19,22)/t10-,11-,12-/m0/s1. The van der Waals surface area contributed by atoms with Crippen molar-refractivity contribution in [1.82, 2.24) is 16.1 Å². The molecule has 1 rings (SSSR count). The number of ether oxygens (including phenoxy) is 1. The van der Waals surface area contributed by atoms with Crippen LogP contribution in [0.4, 0.5) is 0 Å². The van der Waals surface area contributed by atoms with Crippen molar-refractivity contribution in [2.45, 2.75) is 58.8 Å². The third-order valence-corrected chi connectivity index (χ3v) is 3.51. The van der Waals surface area contributed by atoms with Crippen LogP contribution in [0, 0.1) is 11.8 Å². The molecule has 0 radical (unpaired) electrons. The number of epoxide rings is 1. The summed E-state index contributed by atoms with van der Waals surface area (Å²) in [5.41, 5.74) is 1.94. The zero-order valence-electron chi connectivity index (χ0n) is 14.2. The Morgan fingerprint density at radius 2 is 1.65 bits per heavy atom. The van der Waals surface area contributed by atoms with Crippen molar-refractivity contribution in [3.63, 3.8) is 0 Å². The molecule has 1 aliphatic heterocycles. The second-order valence-electron chi connectivity index (χ2n) is 6.65. The van der Waals surface area contributed by atoms with E-state index in [-0.39, 0.29) is 11.8 Å². The maximum Gasteiger partial charge on any atom is 0.266 e. The molecular weight excluding hydrogens is 300 g/mol. The molecule has 1 saturated heterocycles. The Balaban J connectivity index is 2.52. The van der Waals surface area contributed by atoms with Gasteiger partial charge in [-0.15, -0.1) is 0 Å². The molecule has 132 valence electrons. The number of nitrogens with one attached hydrogen (secondary N) is 3. The lowest BCUT2D eigenvalue weighted by molar-refractivity contribution is -0.130. The minimum atomic E-state index is -0.878. The molecule has 0 bridgehead atoms. The lowest BCUT2D eigenvalue weighted by Crippen LogP contribution is -2.49. The normalized spacial score (nSPS) is 21.0. The van der Waals surface area contributed by atoms with Crippen LogP contribution < -0.4 is 21.9 Å². The molecule has 0 aromatic rings. The van der Waals surface area contributed by atoms with E-state index in [2.05, 4.69) is 24.5 Å². The Kier molecular flexibility index (Phi) is 7.44. The van der Waals surface area contributed by atoms with Crippen LogP contribution >= 0.6 is 0 Å². The average molecular weight is 328 g/mol. The Morgan fingerprint density at radius 1 is 1.04 bits per heavy atom. The highest BCUT2D eigenvalue weighted by atomic mass is 16.6. The number of hydrogen-bond acceptors (Lipinski definition) is 5. The first-order valence-corrected chi connectivity index (χ1v) is 8.00. The van der Waals surface area contributed by atoms with Crippen LogP contribution in [0.2, 0.25) is 0 Å². The molecular formula is C15H28N4O4. The first kappa shape index (κ1) is 19.4. The Bertz CT molecular complexity index is 439. The number of nitrogens with two attached hydrogens (primary N) is 1. The van der Waals surface area contributed by atoms with E-state index in [0.717, 1.165) is 6.42 Å². The van der Waals surface area contributed by atoms with Gasteiger partial charge in [-0.3, -0.25) is 19.8 Å². The van der Waals surface area contributed by atoms with Crippen molar-refractivity contribution in [3.05, 3.63) is 0 Å². The predicted octanol–water partition coefficient (Wildman–Crippen LogP) is -0.563. The second kappa shape index (κ2) is 8.83. The molecule has 0 spiro atoms. The van der Waals surface area contributed by atoms with E-state index >= 15 is 0 Å². The highest BCUT2D eigenvalue weighted by molar-refractivity contribution is 5.96. The average Bonchev–Trinajstić information content (AvgIpc) is 3.25. The van der Waals surface area contributed by atoms with Gasteiger partial charge in [0.15, 0.2) is 12.2 Å². The van der Waals surface area contributed by atoms with Crippen LogP contribution in [0.25, 0.3) is 0 Å².